The quantitative estimate of drug-likeness (QED) is 0.261. The van der Waals surface area contributed by atoms with Crippen molar-refractivity contribution in [2.45, 2.75) is 0 Å². The number of pyridine rings is 1. The summed E-state index contributed by atoms with van der Waals surface area (Å²) in [7, 11) is 0. The van der Waals surface area contributed by atoms with Gasteiger partial charge in [0.2, 0.25) is 0 Å². The number of nitrogens with zero attached hydrogens (tertiary/aromatic N) is 1. The molecule has 1 amide bonds. The van der Waals surface area contributed by atoms with E-state index in [-0.39, 0.29) is 5.56 Å². The summed E-state index contributed by atoms with van der Waals surface area (Å²) < 4.78 is 70.2. The lowest BCUT2D eigenvalue weighted by Gasteiger charge is -2.12. The highest BCUT2D eigenvalue weighted by molar-refractivity contribution is 6.12. The van der Waals surface area contributed by atoms with E-state index in [9.17, 15) is 31.5 Å². The van der Waals surface area contributed by atoms with E-state index in [1.54, 1.807) is 12.1 Å². The van der Waals surface area contributed by atoms with Crippen molar-refractivity contribution in [3.63, 3.8) is 0 Å². The number of hydrogen-bond donors (Lipinski definition) is 1. The van der Waals surface area contributed by atoms with Crippen molar-refractivity contribution in [1.29, 1.82) is 0 Å². The van der Waals surface area contributed by atoms with Crippen molar-refractivity contribution in [2.24, 2.45) is 0 Å². The molecule has 4 rings (SSSR count). The molecular weight excluding hydrogens is 431 g/mol. The molecule has 0 spiro atoms. The van der Waals surface area contributed by atoms with Crippen LogP contribution in [-0.4, -0.2) is 16.7 Å². The lowest BCUT2D eigenvalue weighted by atomic mass is 9.99. The highest BCUT2D eigenvalue weighted by Gasteiger charge is 2.26. The van der Waals surface area contributed by atoms with Crippen LogP contribution in [0.2, 0.25) is 0 Å². The van der Waals surface area contributed by atoms with Gasteiger partial charge in [0, 0.05) is 34.8 Å². The average Bonchev–Trinajstić information content (AvgIpc) is 2.76. The molecule has 0 aliphatic rings. The summed E-state index contributed by atoms with van der Waals surface area (Å²) in [6.07, 6.45) is 1.52. The number of aromatic nitrogens is 1. The summed E-state index contributed by atoms with van der Waals surface area (Å²) in [5, 5.41) is 2.42. The van der Waals surface area contributed by atoms with E-state index in [0.29, 0.717) is 35.2 Å². The molecule has 1 heterocycles. The number of ketones is 1. The van der Waals surface area contributed by atoms with Gasteiger partial charge in [-0.3, -0.25) is 14.6 Å². The van der Waals surface area contributed by atoms with Gasteiger partial charge in [-0.25, -0.2) is 22.0 Å². The van der Waals surface area contributed by atoms with Gasteiger partial charge in [-0.05, 0) is 36.4 Å². The Balaban J connectivity index is 1.74. The van der Waals surface area contributed by atoms with Gasteiger partial charge < -0.3 is 5.32 Å². The van der Waals surface area contributed by atoms with Gasteiger partial charge in [0.1, 0.15) is 11.6 Å². The third kappa shape index (κ3) is 3.92. The number of halogens is 5. The molecule has 1 N–H and O–H groups in total. The Morgan fingerprint density at radius 2 is 1.50 bits per heavy atom. The number of fused-ring (bicyclic) bond motifs is 1. The minimum absolute atomic E-state index is 0.140. The van der Waals surface area contributed by atoms with Crippen molar-refractivity contribution < 1.29 is 31.5 Å². The van der Waals surface area contributed by atoms with E-state index in [4.69, 9.17) is 0 Å². The third-order valence-corrected chi connectivity index (χ3v) is 4.62. The second-order valence-electron chi connectivity index (χ2n) is 6.76. The fraction of sp³-hybridized carbons (Fsp3) is 0. The third-order valence-electron chi connectivity index (χ3n) is 4.62. The van der Waals surface area contributed by atoms with Crippen LogP contribution in [0.1, 0.15) is 26.3 Å². The van der Waals surface area contributed by atoms with Crippen molar-refractivity contribution in [1.82, 2.24) is 4.98 Å². The van der Waals surface area contributed by atoms with E-state index >= 15 is 0 Å². The van der Waals surface area contributed by atoms with Crippen LogP contribution in [0.15, 0.2) is 60.8 Å². The Bertz CT molecular complexity index is 1380. The number of nitrogens with one attached hydrogen (secondary N) is 1. The molecule has 0 bridgehead atoms. The zero-order valence-corrected chi connectivity index (χ0v) is 15.9. The molecule has 0 saturated heterocycles. The van der Waals surface area contributed by atoms with Crippen LogP contribution in [0.4, 0.5) is 27.6 Å². The number of hydrogen-bond acceptors (Lipinski definition) is 3. The van der Waals surface area contributed by atoms with Gasteiger partial charge in [-0.15, -0.1) is 0 Å². The lowest BCUT2D eigenvalue weighted by molar-refractivity contribution is 0.101. The molecule has 0 fully saturated rings. The first kappa shape index (κ1) is 21.1. The second-order valence-corrected chi connectivity index (χ2v) is 6.76. The molecule has 4 nitrogen and oxygen atoms in total. The maximum absolute atomic E-state index is 15.0. The first-order chi connectivity index (χ1) is 15.2. The van der Waals surface area contributed by atoms with Gasteiger partial charge in [0.15, 0.2) is 23.2 Å². The van der Waals surface area contributed by atoms with E-state index in [1.165, 1.54) is 24.4 Å². The number of benzene rings is 3. The maximum atomic E-state index is 15.0. The molecule has 0 aliphatic carbocycles. The normalized spacial score (nSPS) is 10.9. The van der Waals surface area contributed by atoms with Crippen molar-refractivity contribution in [3.8, 4) is 0 Å². The average molecular weight is 442 g/mol. The summed E-state index contributed by atoms with van der Waals surface area (Å²) in [6, 6.07) is 9.49. The monoisotopic (exact) mass is 442 g/mol. The highest BCUT2D eigenvalue weighted by atomic mass is 19.2. The molecule has 0 atom stereocenters. The minimum Gasteiger partial charge on any atom is -0.319 e. The summed E-state index contributed by atoms with van der Waals surface area (Å²) in [4.78, 5) is 29.1. The molecule has 3 aromatic carbocycles. The lowest BCUT2D eigenvalue weighted by Crippen LogP contribution is -2.17. The van der Waals surface area contributed by atoms with E-state index in [0.717, 1.165) is 0 Å². The Hall–Kier alpha value is -4.14. The molecule has 32 heavy (non-hydrogen) atoms. The number of carbonyl (C=O) groups is 2. The zero-order valence-electron chi connectivity index (χ0n) is 15.9. The Morgan fingerprint density at radius 3 is 2.22 bits per heavy atom. The fourth-order valence-electron chi connectivity index (χ4n) is 3.13. The van der Waals surface area contributed by atoms with Crippen LogP contribution in [0, 0.1) is 29.1 Å². The second kappa shape index (κ2) is 8.18. The molecule has 9 heteroatoms. The van der Waals surface area contributed by atoms with Crippen LogP contribution in [0.3, 0.4) is 0 Å². The number of amides is 1. The van der Waals surface area contributed by atoms with Crippen LogP contribution >= 0.6 is 0 Å². The Kier molecular flexibility index (Phi) is 5.40. The van der Waals surface area contributed by atoms with Gasteiger partial charge in [-0.2, -0.15) is 0 Å². The van der Waals surface area contributed by atoms with Gasteiger partial charge in [-0.1, -0.05) is 6.07 Å². The van der Waals surface area contributed by atoms with E-state index < -0.39 is 57.6 Å². The van der Waals surface area contributed by atoms with Crippen LogP contribution < -0.4 is 5.32 Å². The van der Waals surface area contributed by atoms with Crippen molar-refractivity contribution in [2.75, 3.05) is 5.32 Å². The van der Waals surface area contributed by atoms with Crippen molar-refractivity contribution >= 4 is 28.3 Å². The van der Waals surface area contributed by atoms with Crippen LogP contribution in [0.25, 0.3) is 10.9 Å². The van der Waals surface area contributed by atoms with Crippen molar-refractivity contribution in [3.05, 3.63) is 107 Å². The molecule has 0 radical (unpaired) electrons. The fourth-order valence-corrected chi connectivity index (χ4v) is 3.13. The molecule has 0 saturated carbocycles. The summed E-state index contributed by atoms with van der Waals surface area (Å²) in [5.41, 5.74) is -2.24. The summed E-state index contributed by atoms with van der Waals surface area (Å²) >= 11 is 0. The molecule has 0 aliphatic heterocycles. The molecule has 160 valence electrons. The number of rotatable bonds is 4. The number of carbonyl (C=O) groups excluding carboxylic acids is 2. The zero-order chi connectivity index (χ0) is 23.0. The Morgan fingerprint density at radius 1 is 0.781 bits per heavy atom. The molecule has 1 aromatic heterocycles. The minimum atomic E-state index is -1.74. The first-order valence-corrected chi connectivity index (χ1v) is 9.09. The molecular formula is C23H11F5N2O2. The topological polar surface area (TPSA) is 59.1 Å². The summed E-state index contributed by atoms with van der Waals surface area (Å²) in [6.45, 7) is 0. The Labute approximate surface area is 177 Å². The standard InChI is InChI=1S/C23H11F5N2O2/c24-14-7-13(8-15(25)9-14)23(32)30-18-10-16(26)20(27)19(21(18)28)22(31)12-3-4-17-11(6-12)2-1-5-29-17/h1-10H,(H,30,32). The van der Waals surface area contributed by atoms with Gasteiger partial charge >= 0.3 is 0 Å². The smallest absolute Gasteiger partial charge is 0.255 e. The van der Waals surface area contributed by atoms with E-state index in [1.807, 2.05) is 5.32 Å². The molecule has 4 aromatic rings. The SMILES string of the molecule is O=C(Nc1cc(F)c(F)c(C(=O)c2ccc3ncccc3c2)c1F)c1cc(F)cc(F)c1. The highest BCUT2D eigenvalue weighted by Crippen LogP contribution is 2.28. The van der Waals surface area contributed by atoms with Gasteiger partial charge in [0.25, 0.3) is 5.91 Å². The predicted octanol–water partition coefficient (Wildman–Crippen LogP) is 5.41. The maximum Gasteiger partial charge on any atom is 0.255 e. The first-order valence-electron chi connectivity index (χ1n) is 9.09. The molecule has 0 unspecified atom stereocenters. The predicted molar refractivity (Wildman–Crippen MR) is 106 cm³/mol. The van der Waals surface area contributed by atoms with Crippen LogP contribution in [0.5, 0.6) is 0 Å². The number of anilines is 1. The summed E-state index contributed by atoms with van der Waals surface area (Å²) in [5.74, 6) is -9.37. The van der Waals surface area contributed by atoms with Crippen LogP contribution in [-0.2, 0) is 0 Å². The van der Waals surface area contributed by atoms with E-state index in [2.05, 4.69) is 4.98 Å². The largest absolute Gasteiger partial charge is 0.319 e. The van der Waals surface area contributed by atoms with Gasteiger partial charge in [0.05, 0.1) is 16.8 Å².